The third-order valence-corrected chi connectivity index (χ3v) is 2.85. The Morgan fingerprint density at radius 3 is 2.58 bits per heavy atom. The van der Waals surface area contributed by atoms with Gasteiger partial charge in [0.2, 0.25) is 0 Å². The highest BCUT2D eigenvalue weighted by Crippen LogP contribution is 2.21. The van der Waals surface area contributed by atoms with Gasteiger partial charge in [0.15, 0.2) is 0 Å². The highest BCUT2D eigenvalue weighted by atomic mass is 19.4. The van der Waals surface area contributed by atoms with Gasteiger partial charge in [0.1, 0.15) is 5.75 Å². The summed E-state index contributed by atoms with van der Waals surface area (Å²) in [4.78, 5) is 0. The minimum atomic E-state index is -4.06. The molecule has 0 aliphatic rings. The molecule has 0 amide bonds. The van der Waals surface area contributed by atoms with Crippen molar-refractivity contribution in [1.82, 2.24) is 5.32 Å². The number of nitrogens with one attached hydrogen (secondary N) is 1. The molecule has 1 aromatic rings. The van der Waals surface area contributed by atoms with Crippen molar-refractivity contribution in [2.24, 2.45) is 0 Å². The highest BCUT2D eigenvalue weighted by molar-refractivity contribution is 5.33. The van der Waals surface area contributed by atoms with E-state index < -0.39 is 12.6 Å². The number of para-hydroxylation sites is 1. The van der Waals surface area contributed by atoms with Crippen LogP contribution in [0, 0.1) is 0 Å². The maximum Gasteiger partial charge on any atom is 0.389 e. The number of hydrogen-bond acceptors (Lipinski definition) is 2. The van der Waals surface area contributed by atoms with E-state index in [1.165, 1.54) is 0 Å². The lowest BCUT2D eigenvalue weighted by Gasteiger charge is -2.16. The van der Waals surface area contributed by atoms with Crippen LogP contribution in [0.25, 0.3) is 0 Å². The lowest BCUT2D eigenvalue weighted by atomic mass is 10.1. The zero-order chi connectivity index (χ0) is 14.3. The number of ether oxygens (including phenoxy) is 1. The number of halogens is 3. The van der Waals surface area contributed by atoms with Gasteiger partial charge in [0.05, 0.1) is 7.11 Å². The van der Waals surface area contributed by atoms with E-state index in [4.69, 9.17) is 4.74 Å². The van der Waals surface area contributed by atoms with Crippen molar-refractivity contribution in [3.8, 4) is 5.75 Å². The Balaban J connectivity index is 2.33. The number of methoxy groups -OCH3 is 1. The molecular formula is C14H20F3NO. The fraction of sp³-hybridized carbons (Fsp3) is 0.571. The Hall–Kier alpha value is -1.23. The number of hydrogen-bond donors (Lipinski definition) is 1. The number of benzene rings is 1. The number of alkyl halides is 3. The molecule has 1 aromatic carbocycles. The molecule has 1 N–H and O–H groups in total. The molecule has 1 unspecified atom stereocenters. The van der Waals surface area contributed by atoms with Gasteiger partial charge < -0.3 is 10.1 Å². The molecule has 5 heteroatoms. The van der Waals surface area contributed by atoms with E-state index in [1.807, 2.05) is 31.2 Å². The molecule has 0 saturated carbocycles. The second-order valence-corrected chi connectivity index (χ2v) is 4.59. The first kappa shape index (κ1) is 15.8. The first-order chi connectivity index (χ1) is 8.92. The van der Waals surface area contributed by atoms with Gasteiger partial charge >= 0.3 is 6.18 Å². The van der Waals surface area contributed by atoms with Crippen LogP contribution in [-0.2, 0) is 6.42 Å². The summed E-state index contributed by atoms with van der Waals surface area (Å²) in [6, 6.07) is 7.78. The van der Waals surface area contributed by atoms with E-state index in [1.54, 1.807) is 7.11 Å². The van der Waals surface area contributed by atoms with Crippen molar-refractivity contribution in [3.05, 3.63) is 29.8 Å². The molecule has 108 valence electrons. The Morgan fingerprint density at radius 1 is 1.26 bits per heavy atom. The van der Waals surface area contributed by atoms with Crippen LogP contribution in [-0.4, -0.2) is 25.9 Å². The molecule has 0 saturated heterocycles. The molecule has 1 rings (SSSR count). The first-order valence-electron chi connectivity index (χ1n) is 6.34. The predicted molar refractivity (Wildman–Crippen MR) is 69.5 cm³/mol. The molecule has 0 aliphatic carbocycles. The summed E-state index contributed by atoms with van der Waals surface area (Å²) in [5, 5.41) is 3.10. The summed E-state index contributed by atoms with van der Waals surface area (Å²) >= 11 is 0. The van der Waals surface area contributed by atoms with Gasteiger partial charge in [-0.05, 0) is 37.9 Å². The lowest BCUT2D eigenvalue weighted by molar-refractivity contribution is -0.135. The zero-order valence-corrected chi connectivity index (χ0v) is 11.3. The standard InChI is InChI=1S/C14H20F3NO/c1-11(18-9-5-8-14(15,16)17)10-12-6-3-4-7-13(12)19-2/h3-4,6-7,11,18H,5,8-10H2,1-2H3. The van der Waals surface area contributed by atoms with Gasteiger partial charge in [0.25, 0.3) is 0 Å². The summed E-state index contributed by atoms with van der Waals surface area (Å²) in [5.74, 6) is 0.812. The monoisotopic (exact) mass is 275 g/mol. The van der Waals surface area contributed by atoms with E-state index in [0.717, 1.165) is 17.7 Å². The van der Waals surface area contributed by atoms with E-state index in [-0.39, 0.29) is 12.5 Å². The lowest BCUT2D eigenvalue weighted by Crippen LogP contribution is -2.29. The SMILES string of the molecule is COc1ccccc1CC(C)NCCCC(F)(F)F. The third kappa shape index (κ3) is 6.47. The normalized spacial score (nSPS) is 13.3. The minimum absolute atomic E-state index is 0.111. The van der Waals surface area contributed by atoms with Crippen molar-refractivity contribution in [2.75, 3.05) is 13.7 Å². The molecule has 19 heavy (non-hydrogen) atoms. The second-order valence-electron chi connectivity index (χ2n) is 4.59. The Bertz CT molecular complexity index is 379. The smallest absolute Gasteiger partial charge is 0.389 e. The Labute approximate surface area is 112 Å². The predicted octanol–water partition coefficient (Wildman–Crippen LogP) is 3.56. The molecule has 0 bridgehead atoms. The summed E-state index contributed by atoms with van der Waals surface area (Å²) in [6.45, 7) is 2.33. The van der Waals surface area contributed by atoms with Crippen LogP contribution in [0.4, 0.5) is 13.2 Å². The molecule has 0 aliphatic heterocycles. The number of rotatable bonds is 7. The van der Waals surface area contributed by atoms with Crippen LogP contribution in [0.3, 0.4) is 0 Å². The second kappa shape index (κ2) is 7.38. The van der Waals surface area contributed by atoms with Crippen LogP contribution >= 0.6 is 0 Å². The maximum absolute atomic E-state index is 12.0. The molecule has 0 radical (unpaired) electrons. The van der Waals surface area contributed by atoms with Crippen molar-refractivity contribution in [3.63, 3.8) is 0 Å². The van der Waals surface area contributed by atoms with Crippen LogP contribution in [0.1, 0.15) is 25.3 Å². The minimum Gasteiger partial charge on any atom is -0.496 e. The van der Waals surface area contributed by atoms with Crippen LogP contribution in [0.15, 0.2) is 24.3 Å². The van der Waals surface area contributed by atoms with E-state index in [0.29, 0.717) is 6.54 Å². The molecular weight excluding hydrogens is 255 g/mol. The van der Waals surface area contributed by atoms with Crippen molar-refractivity contribution < 1.29 is 17.9 Å². The van der Waals surface area contributed by atoms with Crippen LogP contribution in [0.5, 0.6) is 5.75 Å². The maximum atomic E-state index is 12.0. The fourth-order valence-corrected chi connectivity index (χ4v) is 1.91. The van der Waals surface area contributed by atoms with E-state index in [2.05, 4.69) is 5.32 Å². The molecule has 0 aromatic heterocycles. The van der Waals surface area contributed by atoms with Crippen LogP contribution < -0.4 is 10.1 Å². The van der Waals surface area contributed by atoms with Crippen molar-refractivity contribution in [2.45, 2.75) is 38.4 Å². The van der Waals surface area contributed by atoms with E-state index in [9.17, 15) is 13.2 Å². The van der Waals surface area contributed by atoms with Gasteiger partial charge in [-0.25, -0.2) is 0 Å². The largest absolute Gasteiger partial charge is 0.496 e. The molecule has 1 atom stereocenters. The summed E-state index contributed by atoms with van der Waals surface area (Å²) < 4.78 is 41.2. The summed E-state index contributed by atoms with van der Waals surface area (Å²) in [6.07, 6.45) is -3.95. The Morgan fingerprint density at radius 2 is 1.95 bits per heavy atom. The van der Waals surface area contributed by atoms with Gasteiger partial charge in [-0.3, -0.25) is 0 Å². The average Bonchev–Trinajstić information content (AvgIpc) is 2.34. The topological polar surface area (TPSA) is 21.3 Å². The molecule has 0 fully saturated rings. The fourth-order valence-electron chi connectivity index (χ4n) is 1.91. The van der Waals surface area contributed by atoms with Crippen molar-refractivity contribution >= 4 is 0 Å². The average molecular weight is 275 g/mol. The van der Waals surface area contributed by atoms with Crippen LogP contribution in [0.2, 0.25) is 0 Å². The zero-order valence-electron chi connectivity index (χ0n) is 11.3. The summed E-state index contributed by atoms with van der Waals surface area (Å²) in [7, 11) is 1.61. The van der Waals surface area contributed by atoms with Gasteiger partial charge in [-0.2, -0.15) is 13.2 Å². The third-order valence-electron chi connectivity index (χ3n) is 2.85. The van der Waals surface area contributed by atoms with Gasteiger partial charge in [-0.15, -0.1) is 0 Å². The van der Waals surface area contributed by atoms with Gasteiger partial charge in [-0.1, -0.05) is 18.2 Å². The Kier molecular flexibility index (Phi) is 6.15. The van der Waals surface area contributed by atoms with E-state index >= 15 is 0 Å². The quantitative estimate of drug-likeness (QED) is 0.768. The highest BCUT2D eigenvalue weighted by Gasteiger charge is 2.25. The molecule has 0 heterocycles. The molecule has 2 nitrogen and oxygen atoms in total. The van der Waals surface area contributed by atoms with Crippen molar-refractivity contribution in [1.29, 1.82) is 0 Å². The van der Waals surface area contributed by atoms with Gasteiger partial charge in [0, 0.05) is 12.5 Å². The summed E-state index contributed by atoms with van der Waals surface area (Å²) in [5.41, 5.74) is 1.06. The molecule has 0 spiro atoms. The first-order valence-corrected chi connectivity index (χ1v) is 6.34.